The molecule has 0 spiro atoms. The van der Waals surface area contributed by atoms with Gasteiger partial charge in [0.25, 0.3) is 5.91 Å². The Balaban J connectivity index is 1.75. The zero-order chi connectivity index (χ0) is 17.6. The number of fused-ring (bicyclic) bond motifs is 1. The molecule has 0 aliphatic carbocycles. The van der Waals surface area contributed by atoms with E-state index in [0.717, 1.165) is 42.8 Å². The number of hydrogen-bond donors (Lipinski definition) is 1. The lowest BCUT2D eigenvalue weighted by Crippen LogP contribution is -2.44. The van der Waals surface area contributed by atoms with Crippen LogP contribution in [0, 0.1) is 6.92 Å². The van der Waals surface area contributed by atoms with Gasteiger partial charge in [0, 0.05) is 43.7 Å². The molecule has 2 saturated heterocycles. The fourth-order valence-corrected chi connectivity index (χ4v) is 3.82. The van der Waals surface area contributed by atoms with Crippen LogP contribution in [-0.2, 0) is 9.59 Å². The van der Waals surface area contributed by atoms with Crippen LogP contribution in [0.5, 0.6) is 0 Å². The van der Waals surface area contributed by atoms with E-state index in [1.807, 2.05) is 19.1 Å². The van der Waals surface area contributed by atoms with Crippen molar-refractivity contribution >= 4 is 28.4 Å². The number of benzene rings is 1. The van der Waals surface area contributed by atoms with Crippen LogP contribution in [0.3, 0.4) is 0 Å². The summed E-state index contributed by atoms with van der Waals surface area (Å²) >= 11 is 0. The highest BCUT2D eigenvalue weighted by Crippen LogP contribution is 2.33. The van der Waals surface area contributed by atoms with Gasteiger partial charge in [0.2, 0.25) is 5.91 Å². The van der Waals surface area contributed by atoms with Crippen molar-refractivity contribution in [2.75, 3.05) is 38.1 Å². The largest absolute Gasteiger partial charge is 0.368 e. The van der Waals surface area contributed by atoms with Crippen molar-refractivity contribution in [1.29, 1.82) is 0 Å². The molecule has 7 nitrogen and oxygen atoms in total. The van der Waals surface area contributed by atoms with Gasteiger partial charge < -0.3 is 9.80 Å². The van der Waals surface area contributed by atoms with Gasteiger partial charge in [-0.3, -0.25) is 19.6 Å². The highest BCUT2D eigenvalue weighted by molar-refractivity contribution is 6.01. The lowest BCUT2D eigenvalue weighted by Gasteiger charge is -2.34. The number of piperazine rings is 1. The fourth-order valence-electron chi connectivity index (χ4n) is 3.82. The molecule has 1 aromatic heterocycles. The number of aromatic nitrogens is 2. The van der Waals surface area contributed by atoms with E-state index in [2.05, 4.69) is 33.3 Å². The second-order valence-electron chi connectivity index (χ2n) is 6.96. The van der Waals surface area contributed by atoms with Gasteiger partial charge in [-0.25, -0.2) is 0 Å². The molecule has 1 atom stereocenters. The quantitative estimate of drug-likeness (QED) is 0.828. The van der Waals surface area contributed by atoms with E-state index in [9.17, 15) is 9.59 Å². The van der Waals surface area contributed by atoms with Gasteiger partial charge in [0.15, 0.2) is 0 Å². The summed E-state index contributed by atoms with van der Waals surface area (Å²) in [5, 5.41) is 8.20. The Bertz CT molecular complexity index is 835. The molecule has 2 aliphatic rings. The molecule has 2 aromatic rings. The Morgan fingerprint density at radius 3 is 2.64 bits per heavy atom. The Kier molecular flexibility index (Phi) is 3.95. The van der Waals surface area contributed by atoms with Crippen molar-refractivity contribution in [2.45, 2.75) is 25.8 Å². The van der Waals surface area contributed by atoms with E-state index in [-0.39, 0.29) is 11.8 Å². The first-order valence-corrected chi connectivity index (χ1v) is 8.79. The van der Waals surface area contributed by atoms with Crippen LogP contribution in [0.1, 0.15) is 24.6 Å². The van der Waals surface area contributed by atoms with Crippen LogP contribution < -0.4 is 10.2 Å². The molecule has 2 fully saturated rings. The molecule has 7 heteroatoms. The van der Waals surface area contributed by atoms with Crippen LogP contribution >= 0.6 is 0 Å². The first-order valence-electron chi connectivity index (χ1n) is 8.79. The normalized spacial score (nSPS) is 22.5. The summed E-state index contributed by atoms with van der Waals surface area (Å²) in [7, 11) is 2.14. The summed E-state index contributed by atoms with van der Waals surface area (Å²) in [6.45, 7) is 6.04. The summed E-state index contributed by atoms with van der Waals surface area (Å²) in [5.41, 5.74) is 3.07. The highest BCUT2D eigenvalue weighted by atomic mass is 16.2. The minimum atomic E-state index is -0.420. The first-order chi connectivity index (χ1) is 12.0. The van der Waals surface area contributed by atoms with Gasteiger partial charge in [-0.05, 0) is 32.5 Å². The van der Waals surface area contributed by atoms with Crippen molar-refractivity contribution in [3.05, 3.63) is 23.9 Å². The second-order valence-corrected chi connectivity index (χ2v) is 6.96. The van der Waals surface area contributed by atoms with E-state index in [4.69, 9.17) is 0 Å². The van der Waals surface area contributed by atoms with Gasteiger partial charge in [0.05, 0.1) is 11.2 Å². The number of anilines is 1. The molecule has 0 bridgehead atoms. The van der Waals surface area contributed by atoms with Crippen LogP contribution in [-0.4, -0.2) is 59.7 Å². The average Bonchev–Trinajstić information content (AvgIpc) is 2.93. The number of carbonyl (C=O) groups excluding carboxylic acids is 2. The number of nitrogens with one attached hydrogen (secondary N) is 1. The third-order valence-electron chi connectivity index (χ3n) is 5.24. The number of amides is 2. The third-order valence-corrected chi connectivity index (χ3v) is 5.24. The van der Waals surface area contributed by atoms with Crippen molar-refractivity contribution in [3.8, 4) is 0 Å². The standard InChI is InChI=1S/C18H23N5O2/c1-12-17-13(22-10-8-21(2)9-11-22)4-3-5-14(17)23(20-12)15-6-7-16(24)19-18(15)25/h3-5,15H,6-11H2,1-2H3,(H,19,24,25). The summed E-state index contributed by atoms with van der Waals surface area (Å²) in [6.07, 6.45) is 0.856. The summed E-state index contributed by atoms with van der Waals surface area (Å²) in [6, 6.07) is 5.76. The minimum Gasteiger partial charge on any atom is -0.368 e. The Morgan fingerprint density at radius 1 is 1.16 bits per heavy atom. The molecule has 2 amide bonds. The lowest BCUT2D eigenvalue weighted by molar-refractivity contribution is -0.135. The van der Waals surface area contributed by atoms with Crippen LogP contribution in [0.25, 0.3) is 10.9 Å². The zero-order valence-electron chi connectivity index (χ0n) is 14.7. The summed E-state index contributed by atoms with van der Waals surface area (Å²) in [5.74, 6) is -0.460. The molecule has 3 heterocycles. The van der Waals surface area contributed by atoms with Crippen LogP contribution in [0.2, 0.25) is 0 Å². The minimum absolute atomic E-state index is 0.201. The van der Waals surface area contributed by atoms with Gasteiger partial charge in [0.1, 0.15) is 6.04 Å². The maximum Gasteiger partial charge on any atom is 0.251 e. The van der Waals surface area contributed by atoms with Crippen molar-refractivity contribution in [2.24, 2.45) is 0 Å². The summed E-state index contributed by atoms with van der Waals surface area (Å²) in [4.78, 5) is 28.4. The molecule has 4 rings (SSSR count). The number of likely N-dealkylation sites (N-methyl/N-ethyl adjacent to an activating group) is 1. The van der Waals surface area contributed by atoms with Gasteiger partial charge in [-0.2, -0.15) is 5.10 Å². The molecule has 132 valence electrons. The van der Waals surface area contributed by atoms with Crippen molar-refractivity contribution < 1.29 is 9.59 Å². The second kappa shape index (κ2) is 6.15. The molecule has 1 N–H and O–H groups in total. The molecular formula is C18H23N5O2. The van der Waals surface area contributed by atoms with E-state index in [1.165, 1.54) is 5.69 Å². The zero-order valence-corrected chi connectivity index (χ0v) is 14.7. The Labute approximate surface area is 146 Å². The SMILES string of the molecule is Cc1nn(C2CCC(=O)NC2=O)c2cccc(N3CCN(C)CC3)c12. The molecule has 1 aromatic carbocycles. The average molecular weight is 341 g/mol. The Morgan fingerprint density at radius 2 is 1.92 bits per heavy atom. The van der Waals surface area contributed by atoms with Gasteiger partial charge in [-0.15, -0.1) is 0 Å². The molecule has 0 radical (unpaired) electrons. The predicted octanol–water partition coefficient (Wildman–Crippen LogP) is 1.07. The van der Waals surface area contributed by atoms with E-state index in [0.29, 0.717) is 12.8 Å². The number of imide groups is 1. The van der Waals surface area contributed by atoms with Crippen LogP contribution in [0.4, 0.5) is 5.69 Å². The van der Waals surface area contributed by atoms with E-state index >= 15 is 0 Å². The fraction of sp³-hybridized carbons (Fsp3) is 0.500. The number of hydrogen-bond acceptors (Lipinski definition) is 5. The smallest absolute Gasteiger partial charge is 0.251 e. The highest BCUT2D eigenvalue weighted by Gasteiger charge is 2.31. The molecule has 2 aliphatic heterocycles. The Hall–Kier alpha value is -2.41. The van der Waals surface area contributed by atoms with E-state index < -0.39 is 6.04 Å². The van der Waals surface area contributed by atoms with Crippen LogP contribution in [0.15, 0.2) is 18.2 Å². The maximum atomic E-state index is 12.3. The first kappa shape index (κ1) is 16.1. The number of aryl methyl sites for hydroxylation is 1. The predicted molar refractivity (Wildman–Crippen MR) is 95.6 cm³/mol. The maximum absolute atomic E-state index is 12.3. The third kappa shape index (κ3) is 2.78. The van der Waals surface area contributed by atoms with Gasteiger partial charge >= 0.3 is 0 Å². The number of piperidine rings is 1. The van der Waals surface area contributed by atoms with Crippen molar-refractivity contribution in [1.82, 2.24) is 20.0 Å². The molecule has 1 unspecified atom stereocenters. The van der Waals surface area contributed by atoms with Gasteiger partial charge in [-0.1, -0.05) is 6.07 Å². The number of carbonyl (C=O) groups is 2. The topological polar surface area (TPSA) is 70.5 Å². The molecule has 25 heavy (non-hydrogen) atoms. The number of rotatable bonds is 2. The number of nitrogens with zero attached hydrogens (tertiary/aromatic N) is 4. The lowest BCUT2D eigenvalue weighted by atomic mass is 10.1. The van der Waals surface area contributed by atoms with Crippen molar-refractivity contribution in [3.63, 3.8) is 0 Å². The molecular weight excluding hydrogens is 318 g/mol. The summed E-state index contributed by atoms with van der Waals surface area (Å²) < 4.78 is 1.80. The van der Waals surface area contributed by atoms with E-state index in [1.54, 1.807) is 4.68 Å². The molecule has 0 saturated carbocycles. The monoisotopic (exact) mass is 341 g/mol.